The van der Waals surface area contributed by atoms with Crippen molar-refractivity contribution >= 4 is 66.9 Å². The number of hydrogen-bond donors (Lipinski definition) is 2. The predicted octanol–water partition coefficient (Wildman–Crippen LogP) is 6.38. The summed E-state index contributed by atoms with van der Waals surface area (Å²) in [5, 5.41) is 18.2. The van der Waals surface area contributed by atoms with Crippen LogP contribution in [0, 0.1) is 0 Å². The van der Waals surface area contributed by atoms with Crippen LogP contribution in [-0.2, 0) is 0 Å². The van der Waals surface area contributed by atoms with Crippen LogP contribution in [0.1, 0.15) is 0 Å². The van der Waals surface area contributed by atoms with Crippen LogP contribution in [-0.4, -0.2) is 15.2 Å². The molecule has 2 heterocycles. The summed E-state index contributed by atoms with van der Waals surface area (Å²) < 4.78 is 1.13. The molecule has 0 aliphatic carbocycles. The van der Waals surface area contributed by atoms with E-state index in [1.807, 2.05) is 66.2 Å². The molecule has 3 aromatic carbocycles. The summed E-state index contributed by atoms with van der Waals surface area (Å²) in [7, 11) is 0. The first-order valence-electron chi connectivity index (χ1n) is 8.64. The van der Waals surface area contributed by atoms with Gasteiger partial charge in [0.05, 0.1) is 15.7 Å². The van der Waals surface area contributed by atoms with Crippen molar-refractivity contribution in [2.45, 2.75) is 0 Å². The second-order valence-corrected chi connectivity index (χ2v) is 7.56. The molecule has 0 aliphatic rings. The molecule has 0 unspecified atom stereocenters. The van der Waals surface area contributed by atoms with Gasteiger partial charge in [-0.2, -0.15) is 0 Å². The number of rotatable bonds is 4. The Balaban J connectivity index is 1.52. The molecule has 0 fully saturated rings. The molecule has 2 aromatic heterocycles. The second kappa shape index (κ2) is 7.07. The van der Waals surface area contributed by atoms with Crippen LogP contribution in [0.5, 0.6) is 0 Å². The molecule has 0 spiro atoms. The van der Waals surface area contributed by atoms with Crippen molar-refractivity contribution in [1.29, 1.82) is 0 Å². The summed E-state index contributed by atoms with van der Waals surface area (Å²) in [6, 6.07) is 21.6. The summed E-state index contributed by atoms with van der Waals surface area (Å²) in [6.45, 7) is 0. The number of aromatic nitrogens is 3. The van der Waals surface area contributed by atoms with Gasteiger partial charge in [0.1, 0.15) is 0 Å². The summed E-state index contributed by atoms with van der Waals surface area (Å²) in [4.78, 5) is 4.32. The third-order valence-corrected chi connectivity index (χ3v) is 5.43. The largest absolute Gasteiger partial charge is 0.338 e. The Morgan fingerprint density at radius 2 is 1.39 bits per heavy atom. The summed E-state index contributed by atoms with van der Waals surface area (Å²) in [5.74, 6) is 1.41. The zero-order valence-corrected chi connectivity index (χ0v) is 16.1. The standard InChI is InChI=1S/C21H14ClN5S/c22-13-5-7-14(8-6-13)24-20-16-3-1-2-4-17(16)21(27-26-20)25-15-9-10-18-19(11-15)28-12-23-18/h1-12H,(H,24,26)(H,25,27). The van der Waals surface area contributed by atoms with Crippen LogP contribution in [0.15, 0.2) is 72.2 Å². The van der Waals surface area contributed by atoms with Crippen LogP contribution < -0.4 is 10.6 Å². The van der Waals surface area contributed by atoms with E-state index < -0.39 is 0 Å². The minimum absolute atomic E-state index is 0.693. The monoisotopic (exact) mass is 403 g/mol. The first kappa shape index (κ1) is 16.9. The van der Waals surface area contributed by atoms with Crippen LogP contribution in [0.4, 0.5) is 23.0 Å². The molecule has 0 radical (unpaired) electrons. The van der Waals surface area contributed by atoms with Crippen LogP contribution in [0.25, 0.3) is 21.0 Å². The SMILES string of the molecule is Clc1ccc(Nc2nnc(Nc3ccc4ncsc4c3)c3ccccc23)cc1. The fourth-order valence-electron chi connectivity index (χ4n) is 3.03. The van der Waals surface area contributed by atoms with E-state index in [1.54, 1.807) is 11.3 Å². The van der Waals surface area contributed by atoms with Crippen LogP contribution >= 0.6 is 22.9 Å². The van der Waals surface area contributed by atoms with Gasteiger partial charge >= 0.3 is 0 Å². The first-order chi connectivity index (χ1) is 13.8. The lowest BCUT2D eigenvalue weighted by molar-refractivity contribution is 1.06. The van der Waals surface area contributed by atoms with E-state index in [9.17, 15) is 0 Å². The van der Waals surface area contributed by atoms with E-state index in [-0.39, 0.29) is 0 Å². The van der Waals surface area contributed by atoms with Crippen molar-refractivity contribution in [2.24, 2.45) is 0 Å². The van der Waals surface area contributed by atoms with Crippen molar-refractivity contribution in [2.75, 3.05) is 10.6 Å². The number of nitrogens with zero attached hydrogens (tertiary/aromatic N) is 3. The van der Waals surface area contributed by atoms with Crippen molar-refractivity contribution in [1.82, 2.24) is 15.2 Å². The van der Waals surface area contributed by atoms with Gasteiger partial charge in [-0.1, -0.05) is 35.9 Å². The minimum Gasteiger partial charge on any atom is -0.338 e. The third-order valence-electron chi connectivity index (χ3n) is 4.39. The Labute approximate surface area is 170 Å². The Bertz CT molecular complexity index is 1280. The second-order valence-electron chi connectivity index (χ2n) is 6.23. The average Bonchev–Trinajstić information content (AvgIpc) is 3.19. The number of benzene rings is 3. The highest BCUT2D eigenvalue weighted by molar-refractivity contribution is 7.16. The highest BCUT2D eigenvalue weighted by Gasteiger charge is 2.10. The molecule has 0 atom stereocenters. The van der Waals surface area contributed by atoms with E-state index in [0.717, 1.165) is 32.4 Å². The molecule has 5 aromatic rings. The van der Waals surface area contributed by atoms with Crippen LogP contribution in [0.2, 0.25) is 5.02 Å². The summed E-state index contributed by atoms with van der Waals surface area (Å²) in [5.41, 5.74) is 4.70. The maximum atomic E-state index is 5.97. The van der Waals surface area contributed by atoms with Crippen molar-refractivity contribution in [3.63, 3.8) is 0 Å². The lowest BCUT2D eigenvalue weighted by Gasteiger charge is -2.12. The van der Waals surface area contributed by atoms with Crippen molar-refractivity contribution < 1.29 is 0 Å². The topological polar surface area (TPSA) is 62.7 Å². The highest BCUT2D eigenvalue weighted by atomic mass is 35.5. The number of thiazole rings is 1. The Hall–Kier alpha value is -3.22. The molecule has 2 N–H and O–H groups in total. The number of hydrogen-bond acceptors (Lipinski definition) is 6. The molecule has 5 rings (SSSR count). The normalized spacial score (nSPS) is 11.0. The number of halogens is 1. The molecule has 0 saturated carbocycles. The molecule has 0 amide bonds. The van der Waals surface area contributed by atoms with E-state index in [2.05, 4.69) is 31.9 Å². The summed E-state index contributed by atoms with van der Waals surface area (Å²) in [6.07, 6.45) is 0. The van der Waals surface area contributed by atoms with Gasteiger partial charge in [0.25, 0.3) is 0 Å². The highest BCUT2D eigenvalue weighted by Crippen LogP contribution is 2.31. The van der Waals surface area contributed by atoms with Gasteiger partial charge in [-0.25, -0.2) is 4.98 Å². The Morgan fingerprint density at radius 1 is 0.750 bits per heavy atom. The van der Waals surface area contributed by atoms with E-state index >= 15 is 0 Å². The average molecular weight is 404 g/mol. The Morgan fingerprint density at radius 3 is 2.11 bits per heavy atom. The number of nitrogens with one attached hydrogen (secondary N) is 2. The molecule has 7 heteroatoms. The first-order valence-corrected chi connectivity index (χ1v) is 9.90. The third kappa shape index (κ3) is 3.24. The van der Waals surface area contributed by atoms with Gasteiger partial charge in [-0.15, -0.1) is 21.5 Å². The lowest BCUT2D eigenvalue weighted by atomic mass is 10.1. The predicted molar refractivity (Wildman–Crippen MR) is 117 cm³/mol. The molecule has 5 nitrogen and oxygen atoms in total. The molecule has 28 heavy (non-hydrogen) atoms. The van der Waals surface area contributed by atoms with Crippen molar-refractivity contribution in [3.8, 4) is 0 Å². The van der Waals surface area contributed by atoms with Crippen molar-refractivity contribution in [3.05, 3.63) is 77.3 Å². The van der Waals surface area contributed by atoms with Gasteiger partial charge < -0.3 is 10.6 Å². The Kier molecular flexibility index (Phi) is 4.27. The molecule has 0 saturated heterocycles. The fraction of sp³-hybridized carbons (Fsp3) is 0. The van der Waals surface area contributed by atoms with E-state index in [4.69, 9.17) is 11.6 Å². The summed E-state index contributed by atoms with van der Waals surface area (Å²) >= 11 is 7.58. The zero-order valence-electron chi connectivity index (χ0n) is 14.6. The maximum Gasteiger partial charge on any atom is 0.161 e. The van der Waals surface area contributed by atoms with Gasteiger partial charge in [0, 0.05) is 27.2 Å². The van der Waals surface area contributed by atoms with E-state index in [1.165, 1.54) is 0 Å². The van der Waals surface area contributed by atoms with E-state index in [0.29, 0.717) is 16.7 Å². The van der Waals surface area contributed by atoms with Gasteiger partial charge in [0.2, 0.25) is 0 Å². The van der Waals surface area contributed by atoms with Crippen LogP contribution in [0.3, 0.4) is 0 Å². The zero-order chi connectivity index (χ0) is 18.9. The molecular weight excluding hydrogens is 390 g/mol. The van der Waals surface area contributed by atoms with Gasteiger partial charge in [-0.05, 0) is 42.5 Å². The lowest BCUT2D eigenvalue weighted by Crippen LogP contribution is -2.01. The minimum atomic E-state index is 0.693. The van der Waals surface area contributed by atoms with Gasteiger partial charge in [-0.3, -0.25) is 0 Å². The molecule has 136 valence electrons. The number of fused-ring (bicyclic) bond motifs is 2. The molecule has 0 bridgehead atoms. The number of anilines is 4. The fourth-order valence-corrected chi connectivity index (χ4v) is 3.87. The quantitative estimate of drug-likeness (QED) is 0.364. The molecular formula is C21H14ClN5S. The maximum absolute atomic E-state index is 5.97. The smallest absolute Gasteiger partial charge is 0.161 e. The molecule has 0 aliphatic heterocycles. The van der Waals surface area contributed by atoms with Gasteiger partial charge in [0.15, 0.2) is 11.6 Å².